The van der Waals surface area contributed by atoms with Crippen molar-refractivity contribution in [2.75, 3.05) is 13.1 Å². The van der Waals surface area contributed by atoms with Crippen LogP contribution in [0.4, 0.5) is 0 Å². The van der Waals surface area contributed by atoms with Gasteiger partial charge in [-0.1, -0.05) is 25.1 Å². The van der Waals surface area contributed by atoms with E-state index in [2.05, 4.69) is 44.3 Å². The van der Waals surface area contributed by atoms with Crippen LogP contribution in [0.3, 0.4) is 0 Å². The third kappa shape index (κ3) is 2.85. The van der Waals surface area contributed by atoms with E-state index in [4.69, 9.17) is 0 Å². The number of nitrogens with one attached hydrogen (secondary N) is 1. The minimum absolute atomic E-state index is 0.825. The summed E-state index contributed by atoms with van der Waals surface area (Å²) in [4.78, 5) is 0. The van der Waals surface area contributed by atoms with Gasteiger partial charge < -0.3 is 5.32 Å². The van der Waals surface area contributed by atoms with Crippen molar-refractivity contribution in [1.29, 1.82) is 0 Å². The van der Waals surface area contributed by atoms with Crippen LogP contribution in [0, 0.1) is 25.7 Å². The quantitative estimate of drug-likeness (QED) is 0.802. The van der Waals surface area contributed by atoms with Crippen molar-refractivity contribution in [3.8, 4) is 0 Å². The maximum absolute atomic E-state index is 3.53. The molecule has 1 heteroatoms. The largest absolute Gasteiger partial charge is 0.316 e. The summed E-state index contributed by atoms with van der Waals surface area (Å²) in [5, 5.41) is 3.53. The molecular weight excluding hydrogens is 194 g/mol. The van der Waals surface area contributed by atoms with Crippen molar-refractivity contribution >= 4 is 0 Å². The fourth-order valence-electron chi connectivity index (χ4n) is 2.69. The van der Waals surface area contributed by atoms with Gasteiger partial charge in [-0.2, -0.15) is 0 Å². The molecule has 2 atom stereocenters. The van der Waals surface area contributed by atoms with E-state index in [0.717, 1.165) is 11.8 Å². The van der Waals surface area contributed by atoms with Crippen molar-refractivity contribution in [1.82, 2.24) is 5.32 Å². The number of piperidine rings is 1. The van der Waals surface area contributed by atoms with Crippen molar-refractivity contribution in [2.24, 2.45) is 11.8 Å². The first-order valence-corrected chi connectivity index (χ1v) is 6.42. The van der Waals surface area contributed by atoms with E-state index in [-0.39, 0.29) is 0 Å². The number of aryl methyl sites for hydroxylation is 2. The second-order valence-electron chi connectivity index (χ2n) is 5.49. The SMILES string of the molecule is Cc1ccc(CC2CNCC(C)C2)cc1C. The Kier molecular flexibility index (Phi) is 3.65. The second-order valence-corrected chi connectivity index (χ2v) is 5.49. The van der Waals surface area contributed by atoms with Crippen molar-refractivity contribution < 1.29 is 0 Å². The predicted molar refractivity (Wildman–Crippen MR) is 69.8 cm³/mol. The smallest absolute Gasteiger partial charge is 0.00171 e. The topological polar surface area (TPSA) is 12.0 Å². The van der Waals surface area contributed by atoms with E-state index < -0.39 is 0 Å². The molecule has 0 aromatic heterocycles. The molecule has 0 radical (unpaired) electrons. The zero-order valence-corrected chi connectivity index (χ0v) is 10.7. The van der Waals surface area contributed by atoms with Crippen molar-refractivity contribution in [3.63, 3.8) is 0 Å². The highest BCUT2D eigenvalue weighted by Crippen LogP contribution is 2.21. The highest BCUT2D eigenvalue weighted by Gasteiger charge is 2.18. The molecule has 0 aliphatic carbocycles. The Balaban J connectivity index is 2.00. The third-order valence-corrected chi connectivity index (χ3v) is 3.76. The van der Waals surface area contributed by atoms with Crippen LogP contribution in [0.15, 0.2) is 18.2 Å². The standard InChI is InChI=1S/C15H23N/c1-11-6-15(10-16-9-11)8-14-5-4-12(2)13(3)7-14/h4-5,7,11,15-16H,6,8-10H2,1-3H3. The van der Waals surface area contributed by atoms with Gasteiger partial charge in [-0.15, -0.1) is 0 Å². The van der Waals surface area contributed by atoms with Crippen LogP contribution in [0.2, 0.25) is 0 Å². The summed E-state index contributed by atoms with van der Waals surface area (Å²) in [6.07, 6.45) is 2.61. The Hall–Kier alpha value is -0.820. The van der Waals surface area contributed by atoms with Crippen LogP contribution in [0.1, 0.15) is 30.0 Å². The lowest BCUT2D eigenvalue weighted by atomic mass is 9.86. The van der Waals surface area contributed by atoms with Gasteiger partial charge in [-0.05, 0) is 68.3 Å². The fraction of sp³-hybridized carbons (Fsp3) is 0.600. The molecular formula is C15H23N. The molecule has 16 heavy (non-hydrogen) atoms. The van der Waals surface area contributed by atoms with E-state index in [1.54, 1.807) is 0 Å². The zero-order valence-electron chi connectivity index (χ0n) is 10.7. The minimum atomic E-state index is 0.825. The molecule has 1 aromatic rings. The summed E-state index contributed by atoms with van der Waals surface area (Å²) < 4.78 is 0. The maximum atomic E-state index is 3.53. The molecule has 1 aliphatic rings. The molecule has 1 N–H and O–H groups in total. The average Bonchev–Trinajstić information content (AvgIpc) is 2.24. The lowest BCUT2D eigenvalue weighted by molar-refractivity contribution is 0.301. The molecule has 1 heterocycles. The van der Waals surface area contributed by atoms with E-state index in [1.807, 2.05) is 0 Å². The first-order chi connectivity index (χ1) is 7.65. The number of benzene rings is 1. The fourth-order valence-corrected chi connectivity index (χ4v) is 2.69. The van der Waals surface area contributed by atoms with Crippen LogP contribution in [-0.2, 0) is 6.42 Å². The first kappa shape index (κ1) is 11.7. The van der Waals surface area contributed by atoms with Gasteiger partial charge in [0.15, 0.2) is 0 Å². The molecule has 0 amide bonds. The van der Waals surface area contributed by atoms with Crippen molar-refractivity contribution in [3.05, 3.63) is 34.9 Å². The highest BCUT2D eigenvalue weighted by molar-refractivity contribution is 5.30. The second kappa shape index (κ2) is 5.01. The molecule has 0 saturated carbocycles. The normalized spacial score (nSPS) is 25.7. The Bertz CT molecular complexity index is 356. The molecule has 1 aromatic carbocycles. The summed E-state index contributed by atoms with van der Waals surface area (Å²) in [6.45, 7) is 9.13. The number of hydrogen-bond acceptors (Lipinski definition) is 1. The van der Waals surface area contributed by atoms with E-state index in [9.17, 15) is 0 Å². The monoisotopic (exact) mass is 217 g/mol. The lowest BCUT2D eigenvalue weighted by Gasteiger charge is -2.27. The summed E-state index contributed by atoms with van der Waals surface area (Å²) in [5.41, 5.74) is 4.33. The average molecular weight is 217 g/mol. The number of rotatable bonds is 2. The van der Waals surface area contributed by atoms with Crippen LogP contribution < -0.4 is 5.32 Å². The minimum Gasteiger partial charge on any atom is -0.316 e. The summed E-state index contributed by atoms with van der Waals surface area (Å²) in [7, 11) is 0. The maximum Gasteiger partial charge on any atom is -0.00171 e. The molecule has 2 rings (SSSR count). The van der Waals surface area contributed by atoms with Gasteiger partial charge in [0.2, 0.25) is 0 Å². The number of hydrogen-bond donors (Lipinski definition) is 1. The molecule has 1 nitrogen and oxygen atoms in total. The summed E-state index contributed by atoms with van der Waals surface area (Å²) in [5.74, 6) is 1.66. The first-order valence-electron chi connectivity index (χ1n) is 6.42. The van der Waals surface area contributed by atoms with Gasteiger partial charge in [0.1, 0.15) is 0 Å². The Labute approximate surface area is 99.3 Å². The van der Waals surface area contributed by atoms with Gasteiger partial charge in [0.05, 0.1) is 0 Å². The third-order valence-electron chi connectivity index (χ3n) is 3.76. The Morgan fingerprint density at radius 3 is 2.69 bits per heavy atom. The van der Waals surface area contributed by atoms with Gasteiger partial charge >= 0.3 is 0 Å². The zero-order chi connectivity index (χ0) is 11.5. The summed E-state index contributed by atoms with van der Waals surface area (Å²) in [6, 6.07) is 6.90. The summed E-state index contributed by atoms with van der Waals surface area (Å²) >= 11 is 0. The lowest BCUT2D eigenvalue weighted by Crippen LogP contribution is -2.35. The van der Waals surface area contributed by atoms with Crippen molar-refractivity contribution in [2.45, 2.75) is 33.6 Å². The Morgan fingerprint density at radius 1 is 1.19 bits per heavy atom. The molecule has 1 saturated heterocycles. The molecule has 0 spiro atoms. The molecule has 88 valence electrons. The molecule has 2 unspecified atom stereocenters. The Morgan fingerprint density at radius 2 is 2.00 bits per heavy atom. The van der Waals surface area contributed by atoms with E-state index in [1.165, 1.54) is 42.6 Å². The molecule has 0 bridgehead atoms. The van der Waals surface area contributed by atoms with Gasteiger partial charge in [-0.3, -0.25) is 0 Å². The van der Waals surface area contributed by atoms with Gasteiger partial charge in [0.25, 0.3) is 0 Å². The van der Waals surface area contributed by atoms with Gasteiger partial charge in [-0.25, -0.2) is 0 Å². The highest BCUT2D eigenvalue weighted by atomic mass is 14.9. The van der Waals surface area contributed by atoms with Crippen LogP contribution in [0.25, 0.3) is 0 Å². The van der Waals surface area contributed by atoms with E-state index in [0.29, 0.717) is 0 Å². The van der Waals surface area contributed by atoms with Crippen LogP contribution in [0.5, 0.6) is 0 Å². The predicted octanol–water partition coefficient (Wildman–Crippen LogP) is 3.09. The van der Waals surface area contributed by atoms with E-state index >= 15 is 0 Å². The van der Waals surface area contributed by atoms with Crippen LogP contribution in [-0.4, -0.2) is 13.1 Å². The molecule has 1 aliphatic heterocycles. The molecule has 1 fully saturated rings. The van der Waals surface area contributed by atoms with Crippen LogP contribution >= 0.6 is 0 Å². The van der Waals surface area contributed by atoms with Gasteiger partial charge in [0, 0.05) is 0 Å².